The van der Waals surface area contributed by atoms with Gasteiger partial charge in [0.05, 0.1) is 16.1 Å². The molecule has 162 valence electrons. The molecular formula is C24H16Cl3NO3S. The van der Waals surface area contributed by atoms with Crippen molar-refractivity contribution >= 4 is 68.1 Å². The molecule has 1 amide bonds. The largest absolute Gasteiger partial charge is 0.451 e. The third kappa shape index (κ3) is 4.92. The normalized spacial score (nSPS) is 11.0. The molecule has 0 aliphatic rings. The molecule has 0 aliphatic heterocycles. The number of benzene rings is 3. The van der Waals surface area contributed by atoms with Gasteiger partial charge in [-0.15, -0.1) is 11.3 Å². The Morgan fingerprint density at radius 2 is 1.50 bits per heavy atom. The number of amides is 1. The molecule has 32 heavy (non-hydrogen) atoms. The Balaban J connectivity index is 1.48. The van der Waals surface area contributed by atoms with E-state index in [2.05, 4.69) is 5.32 Å². The molecule has 0 radical (unpaired) electrons. The SMILES string of the molecule is O=C(COC(=O)c1sc2cc(Cl)cc(Cl)c2c1Cl)NC(c1ccccc1)c1ccccc1. The average molecular weight is 505 g/mol. The molecule has 8 heteroatoms. The minimum absolute atomic E-state index is 0.168. The van der Waals surface area contributed by atoms with Crippen LogP contribution >= 0.6 is 46.1 Å². The highest BCUT2D eigenvalue weighted by Gasteiger charge is 2.23. The maximum atomic E-state index is 12.6. The Morgan fingerprint density at radius 1 is 0.906 bits per heavy atom. The first-order valence-electron chi connectivity index (χ1n) is 9.57. The molecule has 0 bridgehead atoms. The van der Waals surface area contributed by atoms with Gasteiger partial charge in [0.15, 0.2) is 6.61 Å². The van der Waals surface area contributed by atoms with Gasteiger partial charge in [-0.25, -0.2) is 4.79 Å². The molecule has 4 aromatic rings. The molecular weight excluding hydrogens is 489 g/mol. The number of hydrogen-bond donors (Lipinski definition) is 1. The molecule has 0 spiro atoms. The van der Waals surface area contributed by atoms with Crippen LogP contribution in [0.4, 0.5) is 0 Å². The summed E-state index contributed by atoms with van der Waals surface area (Å²) in [5.41, 5.74) is 1.83. The summed E-state index contributed by atoms with van der Waals surface area (Å²) in [4.78, 5) is 25.4. The molecule has 4 nitrogen and oxygen atoms in total. The summed E-state index contributed by atoms with van der Waals surface area (Å²) in [6.07, 6.45) is 0. The molecule has 0 aliphatic carbocycles. The fourth-order valence-corrected chi connectivity index (χ4v) is 5.56. The number of nitrogens with one attached hydrogen (secondary N) is 1. The molecule has 0 atom stereocenters. The minimum Gasteiger partial charge on any atom is -0.451 e. The van der Waals surface area contributed by atoms with Crippen LogP contribution < -0.4 is 5.32 Å². The van der Waals surface area contributed by atoms with Gasteiger partial charge in [0.25, 0.3) is 5.91 Å². The van der Waals surface area contributed by atoms with Crippen LogP contribution in [-0.4, -0.2) is 18.5 Å². The van der Waals surface area contributed by atoms with E-state index in [4.69, 9.17) is 39.5 Å². The smallest absolute Gasteiger partial charge is 0.350 e. The lowest BCUT2D eigenvalue weighted by atomic mass is 9.99. The summed E-state index contributed by atoms with van der Waals surface area (Å²) in [6, 6.07) is 22.0. The van der Waals surface area contributed by atoms with Crippen LogP contribution in [0, 0.1) is 0 Å². The fourth-order valence-electron chi connectivity index (χ4n) is 3.29. The van der Waals surface area contributed by atoms with Gasteiger partial charge < -0.3 is 10.1 Å². The minimum atomic E-state index is -0.700. The predicted octanol–water partition coefficient (Wildman–Crippen LogP) is 6.92. The van der Waals surface area contributed by atoms with E-state index in [1.807, 2.05) is 60.7 Å². The van der Waals surface area contributed by atoms with E-state index in [1.165, 1.54) is 0 Å². The first-order chi connectivity index (χ1) is 15.4. The van der Waals surface area contributed by atoms with Gasteiger partial charge in [0.1, 0.15) is 4.88 Å². The molecule has 3 aromatic carbocycles. The quantitative estimate of drug-likeness (QED) is 0.290. The van der Waals surface area contributed by atoms with Crippen molar-refractivity contribution in [2.45, 2.75) is 6.04 Å². The molecule has 0 unspecified atom stereocenters. The van der Waals surface area contributed by atoms with Crippen LogP contribution in [0.2, 0.25) is 15.1 Å². The maximum Gasteiger partial charge on any atom is 0.350 e. The van der Waals surface area contributed by atoms with Gasteiger partial charge in [0, 0.05) is 15.1 Å². The van der Waals surface area contributed by atoms with Crippen LogP contribution in [0.1, 0.15) is 26.8 Å². The zero-order chi connectivity index (χ0) is 22.7. The van der Waals surface area contributed by atoms with Gasteiger partial charge in [-0.1, -0.05) is 95.5 Å². The van der Waals surface area contributed by atoms with Gasteiger partial charge in [-0.3, -0.25) is 4.79 Å². The monoisotopic (exact) mass is 503 g/mol. The summed E-state index contributed by atoms with van der Waals surface area (Å²) in [6.45, 7) is -0.450. The number of rotatable bonds is 6. The highest BCUT2D eigenvalue weighted by molar-refractivity contribution is 7.21. The summed E-state index contributed by atoms with van der Waals surface area (Å²) < 4.78 is 5.91. The molecule has 1 aromatic heterocycles. The number of carbonyl (C=O) groups excluding carboxylic acids is 2. The van der Waals surface area contributed by atoms with Crippen molar-refractivity contribution < 1.29 is 14.3 Å². The number of carbonyl (C=O) groups is 2. The van der Waals surface area contributed by atoms with Crippen molar-refractivity contribution in [2.24, 2.45) is 0 Å². The molecule has 1 heterocycles. The molecule has 4 rings (SSSR count). The number of fused-ring (bicyclic) bond motifs is 1. The van der Waals surface area contributed by atoms with Crippen molar-refractivity contribution in [3.8, 4) is 0 Å². The van der Waals surface area contributed by atoms with E-state index in [1.54, 1.807) is 12.1 Å². The Bertz CT molecular complexity index is 1240. The zero-order valence-corrected chi connectivity index (χ0v) is 19.6. The lowest BCUT2D eigenvalue weighted by molar-refractivity contribution is -0.124. The Labute approximate surface area is 203 Å². The van der Waals surface area contributed by atoms with Crippen molar-refractivity contribution in [1.29, 1.82) is 0 Å². The van der Waals surface area contributed by atoms with Crippen LogP contribution in [0.5, 0.6) is 0 Å². The maximum absolute atomic E-state index is 12.6. The lowest BCUT2D eigenvalue weighted by Gasteiger charge is -2.19. The number of hydrogen-bond acceptors (Lipinski definition) is 4. The van der Waals surface area contributed by atoms with Gasteiger partial charge in [0.2, 0.25) is 0 Å². The third-order valence-corrected chi connectivity index (χ3v) is 6.86. The van der Waals surface area contributed by atoms with E-state index >= 15 is 0 Å². The van der Waals surface area contributed by atoms with Crippen LogP contribution in [0.25, 0.3) is 10.1 Å². The number of ether oxygens (including phenoxy) is 1. The first-order valence-corrected chi connectivity index (χ1v) is 11.5. The van der Waals surface area contributed by atoms with E-state index in [-0.39, 0.29) is 15.9 Å². The Morgan fingerprint density at radius 3 is 2.09 bits per heavy atom. The van der Waals surface area contributed by atoms with Crippen LogP contribution in [0.15, 0.2) is 72.8 Å². The van der Waals surface area contributed by atoms with Crippen molar-refractivity contribution in [3.05, 3.63) is 104 Å². The first kappa shape index (κ1) is 22.6. The van der Waals surface area contributed by atoms with Crippen LogP contribution in [0.3, 0.4) is 0 Å². The van der Waals surface area contributed by atoms with Gasteiger partial charge >= 0.3 is 5.97 Å². The van der Waals surface area contributed by atoms with E-state index < -0.39 is 18.5 Å². The average Bonchev–Trinajstić information content (AvgIpc) is 3.13. The summed E-state index contributed by atoms with van der Waals surface area (Å²) in [7, 11) is 0. The van der Waals surface area contributed by atoms with Crippen LogP contribution in [-0.2, 0) is 9.53 Å². The predicted molar refractivity (Wildman–Crippen MR) is 130 cm³/mol. The molecule has 0 saturated heterocycles. The topological polar surface area (TPSA) is 55.4 Å². The Kier molecular flexibility index (Phi) is 7.01. The Hall–Kier alpha value is -2.57. The number of esters is 1. The van der Waals surface area contributed by atoms with Crippen molar-refractivity contribution in [2.75, 3.05) is 6.61 Å². The summed E-state index contributed by atoms with van der Waals surface area (Å²) in [5.74, 6) is -1.14. The second-order valence-corrected chi connectivity index (χ2v) is 9.18. The second-order valence-electron chi connectivity index (χ2n) is 6.90. The zero-order valence-electron chi connectivity index (χ0n) is 16.5. The number of halogens is 3. The molecule has 1 N–H and O–H groups in total. The van der Waals surface area contributed by atoms with Crippen molar-refractivity contribution in [1.82, 2.24) is 5.32 Å². The highest BCUT2D eigenvalue weighted by atomic mass is 35.5. The van der Waals surface area contributed by atoms with E-state index in [0.717, 1.165) is 22.5 Å². The highest BCUT2D eigenvalue weighted by Crippen LogP contribution is 2.41. The van der Waals surface area contributed by atoms with E-state index in [9.17, 15) is 9.59 Å². The summed E-state index contributed by atoms with van der Waals surface area (Å²) >= 11 is 19.7. The second kappa shape index (κ2) is 9.92. The standard InChI is InChI=1S/C24H16Cl3NO3S/c25-16-11-17(26)20-18(12-16)32-23(21(20)27)24(30)31-13-19(29)28-22(14-7-3-1-4-8-14)15-9-5-2-6-10-15/h1-12,22H,13H2,(H,28,29). The van der Waals surface area contributed by atoms with Crippen molar-refractivity contribution in [3.63, 3.8) is 0 Å². The summed E-state index contributed by atoms with van der Waals surface area (Å²) in [5, 5.41) is 4.43. The van der Waals surface area contributed by atoms with Gasteiger partial charge in [-0.05, 0) is 23.3 Å². The van der Waals surface area contributed by atoms with E-state index in [0.29, 0.717) is 20.1 Å². The fraction of sp³-hybridized carbons (Fsp3) is 0.0833. The lowest BCUT2D eigenvalue weighted by Crippen LogP contribution is -2.33. The molecule has 0 fully saturated rings. The van der Waals surface area contributed by atoms with Gasteiger partial charge in [-0.2, -0.15) is 0 Å². The third-order valence-electron chi connectivity index (χ3n) is 4.74. The number of thiophene rings is 1. The molecule has 0 saturated carbocycles.